The predicted molar refractivity (Wildman–Crippen MR) is 111 cm³/mol. The van der Waals surface area contributed by atoms with Gasteiger partial charge in [-0.05, 0) is 53.2 Å². The Kier molecular flexibility index (Phi) is 6.16. The SMILES string of the molecule is COc1ccc2ccc(OC)c(/C=C(/C#N)C(=O)Nc3cccc(C(F)(F)F)c3)c2c1. The minimum atomic E-state index is -4.55. The fourth-order valence-electron chi connectivity index (χ4n) is 3.02. The van der Waals surface area contributed by atoms with Crippen LogP contribution in [0.25, 0.3) is 16.8 Å². The first kappa shape index (κ1) is 21.7. The molecule has 158 valence electrons. The molecule has 0 aliphatic heterocycles. The summed E-state index contributed by atoms with van der Waals surface area (Å²) in [6, 6.07) is 14.8. The van der Waals surface area contributed by atoms with Gasteiger partial charge in [0.15, 0.2) is 0 Å². The lowest BCUT2D eigenvalue weighted by atomic mass is 10.0. The van der Waals surface area contributed by atoms with Gasteiger partial charge >= 0.3 is 6.18 Å². The number of methoxy groups -OCH3 is 2. The molecule has 0 saturated heterocycles. The Bertz CT molecular complexity index is 1210. The van der Waals surface area contributed by atoms with E-state index in [1.165, 1.54) is 32.4 Å². The average Bonchev–Trinajstić information content (AvgIpc) is 2.76. The molecule has 0 heterocycles. The minimum absolute atomic E-state index is 0.0764. The number of nitrogens with one attached hydrogen (secondary N) is 1. The number of ether oxygens (including phenoxy) is 2. The van der Waals surface area contributed by atoms with Crippen molar-refractivity contribution in [2.75, 3.05) is 19.5 Å². The van der Waals surface area contributed by atoms with Crippen LogP contribution >= 0.6 is 0 Å². The maximum Gasteiger partial charge on any atom is 0.416 e. The van der Waals surface area contributed by atoms with Crippen molar-refractivity contribution < 1.29 is 27.4 Å². The topological polar surface area (TPSA) is 71.3 Å². The van der Waals surface area contributed by atoms with Crippen molar-refractivity contribution in [3.05, 3.63) is 71.3 Å². The number of carbonyl (C=O) groups excluding carboxylic acids is 1. The molecule has 3 aromatic rings. The molecule has 3 rings (SSSR count). The van der Waals surface area contributed by atoms with E-state index in [-0.39, 0.29) is 11.3 Å². The number of nitriles is 1. The Balaban J connectivity index is 2.03. The van der Waals surface area contributed by atoms with Gasteiger partial charge in [-0.25, -0.2) is 0 Å². The van der Waals surface area contributed by atoms with Crippen molar-refractivity contribution in [2.45, 2.75) is 6.18 Å². The van der Waals surface area contributed by atoms with Gasteiger partial charge in [0.2, 0.25) is 0 Å². The van der Waals surface area contributed by atoms with Crippen LogP contribution in [0.3, 0.4) is 0 Å². The molecular weight excluding hydrogens is 409 g/mol. The monoisotopic (exact) mass is 426 g/mol. The van der Waals surface area contributed by atoms with Crippen molar-refractivity contribution in [3.8, 4) is 17.6 Å². The summed E-state index contributed by atoms with van der Waals surface area (Å²) >= 11 is 0. The largest absolute Gasteiger partial charge is 0.497 e. The molecule has 1 N–H and O–H groups in total. The molecule has 0 aromatic heterocycles. The Hall–Kier alpha value is -3.99. The summed E-state index contributed by atoms with van der Waals surface area (Å²) in [5.41, 5.74) is -0.816. The van der Waals surface area contributed by atoms with Gasteiger partial charge in [-0.15, -0.1) is 0 Å². The van der Waals surface area contributed by atoms with E-state index in [0.717, 1.165) is 17.5 Å². The predicted octanol–water partition coefficient (Wildman–Crippen LogP) is 5.42. The van der Waals surface area contributed by atoms with Gasteiger partial charge in [0.1, 0.15) is 23.1 Å². The van der Waals surface area contributed by atoms with E-state index < -0.39 is 17.6 Å². The summed E-state index contributed by atoms with van der Waals surface area (Å²) in [5, 5.41) is 13.4. The molecule has 1 amide bonds. The molecule has 0 unspecified atom stereocenters. The van der Waals surface area contributed by atoms with E-state index in [2.05, 4.69) is 5.32 Å². The normalized spacial score (nSPS) is 11.7. The van der Waals surface area contributed by atoms with Crippen molar-refractivity contribution >= 4 is 28.4 Å². The lowest BCUT2D eigenvalue weighted by Gasteiger charge is -2.12. The van der Waals surface area contributed by atoms with Gasteiger partial charge < -0.3 is 14.8 Å². The number of amides is 1. The Morgan fingerprint density at radius 3 is 2.45 bits per heavy atom. The molecule has 31 heavy (non-hydrogen) atoms. The third-order valence-corrected chi connectivity index (χ3v) is 4.55. The smallest absolute Gasteiger partial charge is 0.416 e. The summed E-state index contributed by atoms with van der Waals surface area (Å²) in [5.74, 6) is 0.145. The van der Waals surface area contributed by atoms with E-state index in [0.29, 0.717) is 22.4 Å². The van der Waals surface area contributed by atoms with Crippen LogP contribution in [0.4, 0.5) is 18.9 Å². The number of nitrogens with zero attached hydrogens (tertiary/aromatic N) is 1. The van der Waals surface area contributed by atoms with Crippen molar-refractivity contribution in [2.24, 2.45) is 0 Å². The number of rotatable bonds is 5. The second-order valence-electron chi connectivity index (χ2n) is 6.47. The van der Waals surface area contributed by atoms with Gasteiger partial charge in [-0.2, -0.15) is 18.4 Å². The maximum atomic E-state index is 12.9. The fraction of sp³-hybridized carbons (Fsp3) is 0.130. The number of carbonyl (C=O) groups is 1. The maximum absolute atomic E-state index is 12.9. The Morgan fingerprint density at radius 1 is 1.06 bits per heavy atom. The fourth-order valence-corrected chi connectivity index (χ4v) is 3.02. The number of hydrogen-bond donors (Lipinski definition) is 1. The molecule has 0 fully saturated rings. The molecule has 0 spiro atoms. The third kappa shape index (κ3) is 4.78. The van der Waals surface area contributed by atoms with Crippen molar-refractivity contribution in [1.29, 1.82) is 5.26 Å². The van der Waals surface area contributed by atoms with Crippen LogP contribution < -0.4 is 14.8 Å². The van der Waals surface area contributed by atoms with Gasteiger partial charge in [0.05, 0.1) is 19.8 Å². The molecule has 3 aromatic carbocycles. The summed E-state index contributed by atoms with van der Waals surface area (Å²) in [7, 11) is 2.97. The second kappa shape index (κ2) is 8.79. The molecular formula is C23H17F3N2O3. The third-order valence-electron chi connectivity index (χ3n) is 4.55. The molecule has 5 nitrogen and oxygen atoms in total. The zero-order chi connectivity index (χ0) is 22.6. The van der Waals surface area contributed by atoms with E-state index in [9.17, 15) is 23.2 Å². The standard InChI is InChI=1S/C23H17F3N2O3/c1-30-18-8-6-14-7-9-21(31-2)20(19(14)12-18)10-15(13-27)22(29)28-17-5-3-4-16(11-17)23(24,25)26/h3-12H,1-2H3,(H,28,29)/b15-10-. The molecule has 0 saturated carbocycles. The van der Waals surface area contributed by atoms with Crippen molar-refractivity contribution in [1.82, 2.24) is 0 Å². The van der Waals surface area contributed by atoms with Gasteiger partial charge in [0.25, 0.3) is 5.91 Å². The number of anilines is 1. The minimum Gasteiger partial charge on any atom is -0.497 e. The van der Waals surface area contributed by atoms with Gasteiger partial charge in [-0.3, -0.25) is 4.79 Å². The lowest BCUT2D eigenvalue weighted by Crippen LogP contribution is -2.14. The highest BCUT2D eigenvalue weighted by molar-refractivity contribution is 6.11. The highest BCUT2D eigenvalue weighted by atomic mass is 19.4. The van der Waals surface area contributed by atoms with Crippen molar-refractivity contribution in [3.63, 3.8) is 0 Å². The lowest BCUT2D eigenvalue weighted by molar-refractivity contribution is -0.137. The van der Waals surface area contributed by atoms with Gasteiger partial charge in [0, 0.05) is 11.3 Å². The number of halogens is 3. The number of alkyl halides is 3. The summed E-state index contributed by atoms with van der Waals surface area (Å²) in [6.07, 6.45) is -3.21. The Morgan fingerprint density at radius 2 is 1.81 bits per heavy atom. The molecule has 0 aliphatic carbocycles. The quantitative estimate of drug-likeness (QED) is 0.437. The first-order chi connectivity index (χ1) is 14.8. The molecule has 0 atom stereocenters. The van der Waals surface area contributed by atoms with Crippen LogP contribution in [0.1, 0.15) is 11.1 Å². The van der Waals surface area contributed by atoms with Crippen LogP contribution in [-0.4, -0.2) is 20.1 Å². The Labute approximate surface area is 176 Å². The number of fused-ring (bicyclic) bond motifs is 1. The molecule has 0 aliphatic rings. The summed E-state index contributed by atoms with van der Waals surface area (Å²) in [6.45, 7) is 0. The van der Waals surface area contributed by atoms with Crippen LogP contribution in [0.2, 0.25) is 0 Å². The second-order valence-corrected chi connectivity index (χ2v) is 6.47. The van der Waals surface area contributed by atoms with Crippen LogP contribution in [0.15, 0.2) is 60.2 Å². The van der Waals surface area contributed by atoms with E-state index in [1.807, 2.05) is 12.1 Å². The summed E-state index contributed by atoms with van der Waals surface area (Å²) in [4.78, 5) is 12.6. The summed E-state index contributed by atoms with van der Waals surface area (Å²) < 4.78 is 49.4. The zero-order valence-electron chi connectivity index (χ0n) is 16.6. The van der Waals surface area contributed by atoms with E-state index >= 15 is 0 Å². The van der Waals surface area contributed by atoms with Crippen LogP contribution in [0, 0.1) is 11.3 Å². The van der Waals surface area contributed by atoms with Crippen LogP contribution in [-0.2, 0) is 11.0 Å². The van der Waals surface area contributed by atoms with Crippen LogP contribution in [0.5, 0.6) is 11.5 Å². The number of hydrogen-bond acceptors (Lipinski definition) is 4. The first-order valence-electron chi connectivity index (χ1n) is 9.02. The molecule has 8 heteroatoms. The van der Waals surface area contributed by atoms with E-state index in [1.54, 1.807) is 24.3 Å². The van der Waals surface area contributed by atoms with E-state index in [4.69, 9.17) is 9.47 Å². The average molecular weight is 426 g/mol. The highest BCUT2D eigenvalue weighted by Gasteiger charge is 2.30. The number of benzene rings is 3. The first-order valence-corrected chi connectivity index (χ1v) is 9.02. The molecule has 0 bridgehead atoms. The molecule has 0 radical (unpaired) electrons. The van der Waals surface area contributed by atoms with Gasteiger partial charge in [-0.1, -0.05) is 18.2 Å². The zero-order valence-corrected chi connectivity index (χ0v) is 16.6. The highest BCUT2D eigenvalue weighted by Crippen LogP contribution is 2.33.